The van der Waals surface area contributed by atoms with Crippen LogP contribution in [0.3, 0.4) is 0 Å². The quantitative estimate of drug-likeness (QED) is 0.0141. The molecule has 2 aliphatic rings. The number of aliphatic carboxylic acids is 1. The summed E-state index contributed by atoms with van der Waals surface area (Å²) in [5, 5.41) is 8.93. The lowest BCUT2D eigenvalue weighted by molar-refractivity contribution is -0.437. The molecule has 2 aliphatic heterocycles. The molecule has 7 N–H and O–H groups in total. The van der Waals surface area contributed by atoms with E-state index in [2.05, 4.69) is 0 Å². The summed E-state index contributed by atoms with van der Waals surface area (Å²) in [7, 11) is -28.2. The maximum absolute atomic E-state index is 12.9. The molecule has 0 radical (unpaired) electrons. The van der Waals surface area contributed by atoms with Crippen molar-refractivity contribution >= 4 is 105 Å². The van der Waals surface area contributed by atoms with Gasteiger partial charge in [-0.15, -0.1) is 0 Å². The number of carboxylic acid groups (broad SMARTS) is 1. The number of anilines is 1. The molecule has 4 aromatic carbocycles. The van der Waals surface area contributed by atoms with Crippen molar-refractivity contribution in [1.82, 2.24) is 0 Å². The molecule has 446 valence electrons. The summed E-state index contributed by atoms with van der Waals surface area (Å²) in [4.78, 5) is 9.82. The van der Waals surface area contributed by atoms with Gasteiger partial charge in [-0.2, -0.15) is 55.1 Å². The van der Waals surface area contributed by atoms with Gasteiger partial charge in [0, 0.05) is 78.4 Å². The molecule has 0 aromatic heterocycles. The largest absolute Gasteiger partial charge is 0.481 e. The summed E-state index contributed by atoms with van der Waals surface area (Å²) in [6.07, 6.45) is 8.41. The average Bonchev–Trinajstić information content (AvgIpc) is 2.79. The number of benzene rings is 4. The van der Waals surface area contributed by atoms with Crippen LogP contribution in [0.4, 0.5) is 11.4 Å². The first-order chi connectivity index (χ1) is 37.5. The van der Waals surface area contributed by atoms with Gasteiger partial charge in [0.25, 0.3) is 60.7 Å². The fraction of sp³-hybridized carbons (Fsp3) is 0.440. The minimum absolute atomic E-state index is 0.0308. The third-order valence-corrected chi connectivity index (χ3v) is 19.1. The summed E-state index contributed by atoms with van der Waals surface area (Å²) in [5.74, 6) is -2.53. The first kappa shape index (κ1) is 65.1. The molecule has 4 aromatic rings. The van der Waals surface area contributed by atoms with Gasteiger partial charge in [-0.25, -0.2) is 0 Å². The Hall–Kier alpha value is -5.10. The van der Waals surface area contributed by atoms with Crippen molar-refractivity contribution < 1.29 is 107 Å². The van der Waals surface area contributed by atoms with Crippen molar-refractivity contribution in [3.63, 3.8) is 0 Å². The van der Waals surface area contributed by atoms with Gasteiger partial charge in [0.2, 0.25) is 5.69 Å². The van der Waals surface area contributed by atoms with Gasteiger partial charge in [0.15, 0.2) is 5.71 Å². The number of carboxylic acids is 1. The number of rotatable bonds is 30. The Morgan fingerprint density at radius 3 is 1.67 bits per heavy atom. The number of unbranched alkanes of at least 4 members (excludes halogenated alkanes) is 2. The summed E-state index contributed by atoms with van der Waals surface area (Å²) in [6.45, 7) is 4.38. The third-order valence-electron chi connectivity index (χ3n) is 14.1. The SMILES string of the molecule is COCCOCCOCCC1(C)\C(=C/C=C/C=C/C2=[N+](CCCS(=O)(=O)O)c3ccc4c(S(=O)(=O)O)cc(S(=O)(=O)O)cc4c3C2(C)CCCS(=O)(=O)O)N(CCCCCC(=O)O)c2ccc3c(S(=O)(=O)O)cc(S(=O)(=O)O)cc3c21. The lowest BCUT2D eigenvalue weighted by Gasteiger charge is -2.31. The van der Waals surface area contributed by atoms with E-state index in [0.29, 0.717) is 54.9 Å². The normalized spacial score (nSPS) is 18.8. The molecule has 2 unspecified atom stereocenters. The molecule has 2 heterocycles. The monoisotopic (exact) mass is 1250 g/mol. The highest BCUT2D eigenvalue weighted by Crippen LogP contribution is 2.54. The Balaban J connectivity index is 1.57. The molecule has 0 amide bonds. The van der Waals surface area contributed by atoms with Crippen LogP contribution < -0.4 is 4.90 Å². The van der Waals surface area contributed by atoms with Crippen LogP contribution in [-0.4, -0.2) is 164 Å². The second-order valence-electron chi connectivity index (χ2n) is 19.7. The molecule has 25 nitrogen and oxygen atoms in total. The van der Waals surface area contributed by atoms with Gasteiger partial charge in [-0.3, -0.25) is 32.1 Å². The Labute approximate surface area is 470 Å². The second-order valence-corrected chi connectivity index (χ2v) is 28.5. The molecule has 81 heavy (non-hydrogen) atoms. The molecule has 0 saturated heterocycles. The highest BCUT2D eigenvalue weighted by molar-refractivity contribution is 7.87. The van der Waals surface area contributed by atoms with Crippen molar-refractivity contribution in [2.24, 2.45) is 0 Å². The van der Waals surface area contributed by atoms with Gasteiger partial charge >= 0.3 is 5.97 Å². The number of nitrogens with zero attached hydrogens (tertiary/aromatic N) is 2. The summed E-state index contributed by atoms with van der Waals surface area (Å²) in [6, 6.07) is 8.84. The van der Waals surface area contributed by atoms with Crippen LogP contribution in [0.1, 0.15) is 76.3 Å². The van der Waals surface area contributed by atoms with Crippen molar-refractivity contribution in [1.29, 1.82) is 0 Å². The molecular formula is C50H63N2O23S6+. The lowest BCUT2D eigenvalue weighted by atomic mass is 9.74. The van der Waals surface area contributed by atoms with Crippen molar-refractivity contribution in [3.05, 3.63) is 95.7 Å². The van der Waals surface area contributed by atoms with Crippen LogP contribution in [-0.2, 0) is 90.5 Å². The fourth-order valence-corrected chi connectivity index (χ4v) is 14.2. The number of methoxy groups -OCH3 is 1. The minimum Gasteiger partial charge on any atom is -0.481 e. The molecule has 0 bridgehead atoms. The number of fused-ring (bicyclic) bond motifs is 6. The van der Waals surface area contributed by atoms with Crippen LogP contribution in [0.2, 0.25) is 0 Å². The zero-order chi connectivity index (χ0) is 60.1. The number of ether oxygens (including phenoxy) is 3. The van der Waals surface area contributed by atoms with E-state index in [-0.39, 0.29) is 110 Å². The summed E-state index contributed by atoms with van der Waals surface area (Å²) in [5.41, 5.74) is -0.723. The van der Waals surface area contributed by atoms with E-state index in [1.54, 1.807) is 48.8 Å². The number of hydrogen-bond acceptors (Lipinski definition) is 17. The summed E-state index contributed by atoms with van der Waals surface area (Å²) >= 11 is 0. The Morgan fingerprint density at radius 2 is 1.12 bits per heavy atom. The average molecular weight is 1250 g/mol. The Bertz CT molecular complexity index is 3930. The highest BCUT2D eigenvalue weighted by atomic mass is 32.2. The Kier molecular flexibility index (Phi) is 20.4. The topological polar surface area (TPSA) is 397 Å². The van der Waals surface area contributed by atoms with E-state index in [0.717, 1.165) is 12.1 Å². The molecule has 0 saturated carbocycles. The van der Waals surface area contributed by atoms with E-state index < -0.39 is 109 Å². The zero-order valence-electron chi connectivity index (χ0n) is 44.0. The van der Waals surface area contributed by atoms with Crippen LogP contribution >= 0.6 is 0 Å². The maximum atomic E-state index is 12.9. The van der Waals surface area contributed by atoms with Crippen LogP contribution in [0.15, 0.2) is 104 Å². The third kappa shape index (κ3) is 15.8. The predicted octanol–water partition coefficient (Wildman–Crippen LogP) is 5.77. The van der Waals surface area contributed by atoms with Crippen molar-refractivity contribution in [2.45, 2.75) is 95.6 Å². The number of hydrogen-bond donors (Lipinski definition) is 7. The molecule has 31 heteroatoms. The second kappa shape index (κ2) is 25.4. The zero-order valence-corrected chi connectivity index (χ0v) is 48.9. The first-order valence-corrected chi connectivity index (χ1v) is 33.9. The maximum Gasteiger partial charge on any atom is 0.303 e. The van der Waals surface area contributed by atoms with Gasteiger partial charge in [-0.1, -0.05) is 30.7 Å². The van der Waals surface area contributed by atoms with Gasteiger partial charge < -0.3 is 24.2 Å². The molecule has 0 fully saturated rings. The standard InChI is InChI=1S/C50H62N2O23S6/c1-49(19-10-28-76(55,56)57)44(52(22-11-29-77(58,59)60)40-17-15-36-38(47(40)49)30-34(78(61,62)63)32-42(36)80(67,68)69)12-6-4-7-13-45-50(2,20-23-74-26-27-75-25-24-73-3)48-39-31-35(79(64,65)66)33-43(81(70,71)72)37(39)16-18-41(48)51(45)21-9-5-8-14-46(53)54/h4,6-7,12-13,15-18,30-33H,5,8-11,14,19-29H2,1-3H3,(H6-,53,54,55,56,57,58,59,60,61,62,63,64,65,66,67,68,69,70,71,72)/p+1. The molecule has 6 rings (SSSR count). The van der Waals surface area contributed by atoms with E-state index in [1.165, 1.54) is 31.4 Å². The minimum atomic E-state index is -5.21. The lowest BCUT2D eigenvalue weighted by Crippen LogP contribution is -2.32. The highest BCUT2D eigenvalue weighted by Gasteiger charge is 2.49. The van der Waals surface area contributed by atoms with Crippen LogP contribution in [0.5, 0.6) is 0 Å². The van der Waals surface area contributed by atoms with E-state index in [1.807, 2.05) is 4.90 Å². The smallest absolute Gasteiger partial charge is 0.303 e. The molecule has 0 spiro atoms. The van der Waals surface area contributed by atoms with Crippen molar-refractivity contribution in [3.8, 4) is 0 Å². The first-order valence-electron chi connectivity index (χ1n) is 24.9. The molecule has 2 atom stereocenters. The number of carbonyl (C=O) groups is 1. The van der Waals surface area contributed by atoms with Crippen LogP contribution in [0, 0.1) is 0 Å². The van der Waals surface area contributed by atoms with Gasteiger partial charge in [0.1, 0.15) is 16.3 Å². The summed E-state index contributed by atoms with van der Waals surface area (Å²) < 4.78 is 229. The van der Waals surface area contributed by atoms with Crippen molar-refractivity contribution in [2.75, 3.05) is 69.6 Å². The number of allylic oxidation sites excluding steroid dienone is 6. The predicted molar refractivity (Wildman–Crippen MR) is 296 cm³/mol. The molecule has 0 aliphatic carbocycles. The van der Waals surface area contributed by atoms with Gasteiger partial charge in [-0.05, 0) is 105 Å². The van der Waals surface area contributed by atoms with Crippen LogP contribution in [0.25, 0.3) is 21.5 Å². The fourth-order valence-electron chi connectivity index (χ4n) is 10.5. The molecular weight excluding hydrogens is 1190 g/mol. The Morgan fingerprint density at radius 1 is 0.580 bits per heavy atom. The van der Waals surface area contributed by atoms with E-state index in [4.69, 9.17) is 14.2 Å². The van der Waals surface area contributed by atoms with E-state index >= 15 is 0 Å². The van der Waals surface area contributed by atoms with Gasteiger partial charge in [0.05, 0.1) is 53.1 Å². The van der Waals surface area contributed by atoms with E-state index in [9.17, 15) is 87.7 Å².